The number of hydrogen-bond donors (Lipinski definition) is 1. The van der Waals surface area contributed by atoms with E-state index in [1.807, 2.05) is 19.1 Å². The van der Waals surface area contributed by atoms with Crippen molar-refractivity contribution < 1.29 is 8.78 Å². The Labute approximate surface area is 104 Å². The summed E-state index contributed by atoms with van der Waals surface area (Å²) in [6.45, 7) is 3.56. The molecule has 0 saturated heterocycles. The molecule has 0 aliphatic heterocycles. The number of aromatic nitrogens is 1. The van der Waals surface area contributed by atoms with Crippen LogP contribution in [0, 0.1) is 18.6 Å². The first-order valence-electron chi connectivity index (χ1n) is 5.58. The quantitative estimate of drug-likeness (QED) is 0.887. The smallest absolute Gasteiger partial charge is 0.126 e. The first-order chi connectivity index (χ1) is 8.39. The summed E-state index contributed by atoms with van der Waals surface area (Å²) >= 11 is 0. The zero-order valence-electron chi connectivity index (χ0n) is 10.2. The second-order valence-corrected chi connectivity index (χ2v) is 4.55. The van der Waals surface area contributed by atoms with Crippen LogP contribution in [0.4, 0.5) is 8.78 Å². The largest absolute Gasteiger partial charge is 0.318 e. The van der Waals surface area contributed by atoms with Crippen LogP contribution in [0.2, 0.25) is 0 Å². The number of nitrogens with two attached hydrogens (primary N) is 1. The SMILES string of the molecule is Cc1ccc(C(C)(N)c2cc(F)cc(F)c2)cn1. The molecule has 0 aliphatic rings. The fourth-order valence-electron chi connectivity index (χ4n) is 1.80. The molecule has 94 valence electrons. The van der Waals surface area contributed by atoms with Gasteiger partial charge in [0, 0.05) is 18.0 Å². The van der Waals surface area contributed by atoms with E-state index in [1.165, 1.54) is 12.1 Å². The van der Waals surface area contributed by atoms with E-state index in [0.29, 0.717) is 11.1 Å². The molecular formula is C14H14F2N2. The molecule has 0 radical (unpaired) electrons. The van der Waals surface area contributed by atoms with E-state index in [-0.39, 0.29) is 0 Å². The maximum atomic E-state index is 13.2. The molecule has 2 aromatic rings. The number of pyridine rings is 1. The molecule has 0 fully saturated rings. The average Bonchev–Trinajstić information content (AvgIpc) is 2.28. The molecule has 2 rings (SSSR count). The van der Waals surface area contributed by atoms with E-state index in [2.05, 4.69) is 4.98 Å². The molecule has 18 heavy (non-hydrogen) atoms. The zero-order chi connectivity index (χ0) is 13.3. The number of hydrogen-bond acceptors (Lipinski definition) is 2. The molecule has 1 unspecified atom stereocenters. The number of aryl methyl sites for hydroxylation is 1. The number of rotatable bonds is 2. The van der Waals surface area contributed by atoms with Gasteiger partial charge in [0.15, 0.2) is 0 Å². The molecule has 0 amide bonds. The Bertz CT molecular complexity index is 542. The van der Waals surface area contributed by atoms with Crippen molar-refractivity contribution >= 4 is 0 Å². The molecule has 1 heterocycles. The van der Waals surface area contributed by atoms with Gasteiger partial charge in [-0.15, -0.1) is 0 Å². The normalized spacial score (nSPS) is 14.3. The van der Waals surface area contributed by atoms with E-state index < -0.39 is 17.2 Å². The fraction of sp³-hybridized carbons (Fsp3) is 0.214. The van der Waals surface area contributed by atoms with Crippen molar-refractivity contribution in [2.75, 3.05) is 0 Å². The first-order valence-corrected chi connectivity index (χ1v) is 5.58. The summed E-state index contributed by atoms with van der Waals surface area (Å²) in [5.41, 5.74) is 7.14. The number of nitrogens with zero attached hydrogens (tertiary/aromatic N) is 1. The average molecular weight is 248 g/mol. The van der Waals surface area contributed by atoms with E-state index in [9.17, 15) is 8.78 Å². The molecule has 0 bridgehead atoms. The Hall–Kier alpha value is -1.81. The summed E-state index contributed by atoms with van der Waals surface area (Å²) in [6.07, 6.45) is 1.62. The van der Waals surface area contributed by atoms with Gasteiger partial charge in [-0.05, 0) is 43.2 Å². The van der Waals surface area contributed by atoms with Crippen LogP contribution in [0.15, 0.2) is 36.5 Å². The highest BCUT2D eigenvalue weighted by Crippen LogP contribution is 2.27. The minimum atomic E-state index is -0.983. The van der Waals surface area contributed by atoms with E-state index >= 15 is 0 Å². The van der Waals surface area contributed by atoms with Gasteiger partial charge in [-0.1, -0.05) is 6.07 Å². The monoisotopic (exact) mass is 248 g/mol. The molecule has 1 atom stereocenters. The van der Waals surface area contributed by atoms with Gasteiger partial charge in [0.1, 0.15) is 11.6 Å². The van der Waals surface area contributed by atoms with Crippen molar-refractivity contribution in [3.05, 3.63) is 65.0 Å². The van der Waals surface area contributed by atoms with Gasteiger partial charge < -0.3 is 5.73 Å². The molecule has 4 heteroatoms. The summed E-state index contributed by atoms with van der Waals surface area (Å²) in [7, 11) is 0. The highest BCUT2D eigenvalue weighted by atomic mass is 19.1. The van der Waals surface area contributed by atoms with E-state index in [4.69, 9.17) is 5.73 Å². The highest BCUT2D eigenvalue weighted by molar-refractivity contribution is 5.36. The Balaban J connectivity index is 2.49. The summed E-state index contributed by atoms with van der Waals surface area (Å²) in [6, 6.07) is 6.93. The Morgan fingerprint density at radius 1 is 1.06 bits per heavy atom. The van der Waals surface area contributed by atoms with Gasteiger partial charge in [-0.25, -0.2) is 8.78 Å². The lowest BCUT2D eigenvalue weighted by Gasteiger charge is -2.25. The van der Waals surface area contributed by atoms with Crippen molar-refractivity contribution in [1.82, 2.24) is 4.98 Å². The molecule has 0 spiro atoms. The first kappa shape index (κ1) is 12.6. The van der Waals surface area contributed by atoms with Crippen LogP contribution in [-0.4, -0.2) is 4.98 Å². The third-order valence-electron chi connectivity index (χ3n) is 2.97. The predicted octanol–water partition coefficient (Wildman–Crippen LogP) is 2.89. The van der Waals surface area contributed by atoms with Gasteiger partial charge >= 0.3 is 0 Å². The minimum Gasteiger partial charge on any atom is -0.318 e. The van der Waals surface area contributed by atoms with Crippen LogP contribution in [0.1, 0.15) is 23.7 Å². The zero-order valence-corrected chi connectivity index (χ0v) is 10.2. The second kappa shape index (κ2) is 4.46. The molecule has 1 aromatic carbocycles. The molecule has 1 aromatic heterocycles. The van der Waals surface area contributed by atoms with Crippen molar-refractivity contribution in [3.8, 4) is 0 Å². The maximum absolute atomic E-state index is 13.2. The Morgan fingerprint density at radius 3 is 2.17 bits per heavy atom. The van der Waals surface area contributed by atoms with Gasteiger partial charge in [0.2, 0.25) is 0 Å². The van der Waals surface area contributed by atoms with Crippen LogP contribution in [0.3, 0.4) is 0 Å². The lowest BCUT2D eigenvalue weighted by molar-refractivity contribution is 0.549. The van der Waals surface area contributed by atoms with Crippen LogP contribution in [-0.2, 0) is 5.54 Å². The summed E-state index contributed by atoms with van der Waals surface area (Å²) in [5.74, 6) is -1.27. The Morgan fingerprint density at radius 2 is 1.67 bits per heavy atom. The van der Waals surface area contributed by atoms with E-state index in [0.717, 1.165) is 11.8 Å². The lowest BCUT2D eigenvalue weighted by atomic mass is 9.86. The lowest BCUT2D eigenvalue weighted by Crippen LogP contribution is -2.34. The molecular weight excluding hydrogens is 234 g/mol. The second-order valence-electron chi connectivity index (χ2n) is 4.55. The Kier molecular flexibility index (Phi) is 3.13. The van der Waals surface area contributed by atoms with Crippen molar-refractivity contribution in [2.24, 2.45) is 5.73 Å². The molecule has 2 N–H and O–H groups in total. The predicted molar refractivity (Wildman–Crippen MR) is 66.0 cm³/mol. The molecule has 0 saturated carbocycles. The van der Waals surface area contributed by atoms with Gasteiger partial charge in [-0.2, -0.15) is 0 Å². The summed E-state index contributed by atoms with van der Waals surface area (Å²) in [4.78, 5) is 4.15. The summed E-state index contributed by atoms with van der Waals surface area (Å²) < 4.78 is 26.5. The van der Waals surface area contributed by atoms with Crippen LogP contribution in [0.5, 0.6) is 0 Å². The fourth-order valence-corrected chi connectivity index (χ4v) is 1.80. The van der Waals surface area contributed by atoms with Crippen molar-refractivity contribution in [3.63, 3.8) is 0 Å². The maximum Gasteiger partial charge on any atom is 0.126 e. The van der Waals surface area contributed by atoms with E-state index in [1.54, 1.807) is 13.1 Å². The molecule has 0 aliphatic carbocycles. The van der Waals surface area contributed by atoms with Crippen LogP contribution < -0.4 is 5.73 Å². The minimum absolute atomic E-state index is 0.380. The standard InChI is InChI=1S/C14H14F2N2/c1-9-3-4-10(8-18-9)14(2,17)11-5-12(15)7-13(16)6-11/h3-8H,17H2,1-2H3. The van der Waals surface area contributed by atoms with Gasteiger partial charge in [0.05, 0.1) is 5.54 Å². The van der Waals surface area contributed by atoms with Gasteiger partial charge in [-0.3, -0.25) is 4.98 Å². The van der Waals surface area contributed by atoms with Crippen LogP contribution >= 0.6 is 0 Å². The summed E-state index contributed by atoms with van der Waals surface area (Å²) in [5, 5.41) is 0. The molecule has 2 nitrogen and oxygen atoms in total. The van der Waals surface area contributed by atoms with Crippen molar-refractivity contribution in [1.29, 1.82) is 0 Å². The van der Waals surface area contributed by atoms with Crippen molar-refractivity contribution in [2.45, 2.75) is 19.4 Å². The van der Waals surface area contributed by atoms with Crippen LogP contribution in [0.25, 0.3) is 0 Å². The van der Waals surface area contributed by atoms with Gasteiger partial charge in [0.25, 0.3) is 0 Å². The topological polar surface area (TPSA) is 38.9 Å². The highest BCUT2D eigenvalue weighted by Gasteiger charge is 2.25. The number of halogens is 2. The third-order valence-corrected chi connectivity index (χ3v) is 2.97. The number of benzene rings is 1. The third kappa shape index (κ3) is 2.38.